The smallest absolute Gasteiger partial charge is 0.311 e. The number of benzene rings is 2. The highest BCUT2D eigenvalue weighted by molar-refractivity contribution is 9.10. The van der Waals surface area contributed by atoms with Crippen molar-refractivity contribution < 1.29 is 33.4 Å². The van der Waals surface area contributed by atoms with Gasteiger partial charge in [0, 0.05) is 22.5 Å². The van der Waals surface area contributed by atoms with E-state index < -0.39 is 36.2 Å². The fourth-order valence-corrected chi connectivity index (χ4v) is 3.37. The molecule has 2 N–H and O–H groups in total. The molecule has 2 aromatic carbocycles. The van der Waals surface area contributed by atoms with Crippen molar-refractivity contribution in [3.8, 4) is 11.5 Å². The Bertz CT molecular complexity index is 1060. The number of halogens is 1. The molecule has 1 saturated heterocycles. The summed E-state index contributed by atoms with van der Waals surface area (Å²) < 4.78 is 16.2. The molecule has 10 nitrogen and oxygen atoms in total. The van der Waals surface area contributed by atoms with Crippen molar-refractivity contribution in [1.82, 2.24) is 10.4 Å². The second-order valence-corrected chi connectivity index (χ2v) is 7.99. The van der Waals surface area contributed by atoms with Crippen molar-refractivity contribution in [2.75, 3.05) is 32.7 Å². The molecule has 0 bridgehead atoms. The lowest BCUT2D eigenvalue weighted by molar-refractivity contribution is -0.151. The summed E-state index contributed by atoms with van der Waals surface area (Å²) in [6.45, 7) is -0.586. The molecule has 1 aliphatic rings. The highest BCUT2D eigenvalue weighted by atomic mass is 79.9. The number of nitrogens with one attached hydrogen (secondary N) is 2. The number of esters is 1. The Morgan fingerprint density at radius 2 is 1.82 bits per heavy atom. The summed E-state index contributed by atoms with van der Waals surface area (Å²) >= 11 is 3.28. The van der Waals surface area contributed by atoms with Crippen LogP contribution in [0, 0.1) is 5.92 Å². The van der Waals surface area contributed by atoms with E-state index in [1.54, 1.807) is 42.5 Å². The van der Waals surface area contributed by atoms with Crippen LogP contribution in [0.1, 0.15) is 16.8 Å². The Labute approximate surface area is 198 Å². The van der Waals surface area contributed by atoms with Crippen LogP contribution in [-0.2, 0) is 19.1 Å². The van der Waals surface area contributed by atoms with Crippen LogP contribution in [0.15, 0.2) is 46.9 Å². The van der Waals surface area contributed by atoms with Gasteiger partial charge in [-0.2, -0.15) is 0 Å². The van der Waals surface area contributed by atoms with Gasteiger partial charge in [-0.15, -0.1) is 0 Å². The molecule has 0 unspecified atom stereocenters. The third-order valence-electron chi connectivity index (χ3n) is 4.83. The fourth-order valence-electron chi connectivity index (χ4n) is 3.10. The van der Waals surface area contributed by atoms with Gasteiger partial charge >= 0.3 is 5.97 Å². The fraction of sp³-hybridized carbons (Fsp3) is 0.273. The zero-order valence-corrected chi connectivity index (χ0v) is 19.5. The van der Waals surface area contributed by atoms with Crippen LogP contribution in [0.2, 0.25) is 0 Å². The summed E-state index contributed by atoms with van der Waals surface area (Å²) in [6.07, 6.45) is -0.132. The van der Waals surface area contributed by atoms with Crippen LogP contribution in [-0.4, -0.2) is 56.1 Å². The van der Waals surface area contributed by atoms with Gasteiger partial charge in [0.25, 0.3) is 11.8 Å². The molecular formula is C22H22BrN3O7. The Balaban J connectivity index is 1.49. The van der Waals surface area contributed by atoms with E-state index in [0.29, 0.717) is 22.7 Å². The zero-order valence-electron chi connectivity index (χ0n) is 17.9. The zero-order chi connectivity index (χ0) is 24.0. The number of carbonyl (C=O) groups excluding carboxylic acids is 4. The minimum atomic E-state index is -0.800. The first-order valence-corrected chi connectivity index (χ1v) is 10.7. The van der Waals surface area contributed by atoms with Crippen LogP contribution in [0.4, 0.5) is 5.69 Å². The lowest BCUT2D eigenvalue weighted by Gasteiger charge is -2.17. The number of ether oxygens (including phenoxy) is 3. The van der Waals surface area contributed by atoms with Crippen molar-refractivity contribution in [3.63, 3.8) is 0 Å². The molecule has 3 rings (SSSR count). The predicted octanol–water partition coefficient (Wildman–Crippen LogP) is 2.14. The van der Waals surface area contributed by atoms with Crippen molar-refractivity contribution in [3.05, 3.63) is 52.5 Å². The standard InChI is InChI=1S/C22H22BrN3O7/c1-31-16-7-8-17(18(10-16)32-2)24-19(27)12-33-22(30)14-9-20(28)26(11-14)25-21(29)13-3-5-15(23)6-4-13/h3-8,10,14H,9,11-12H2,1-2H3,(H,24,27)(H,25,29)/t14-/m0/s1. The third-order valence-corrected chi connectivity index (χ3v) is 5.36. The van der Waals surface area contributed by atoms with Gasteiger partial charge in [0.1, 0.15) is 11.5 Å². The quantitative estimate of drug-likeness (QED) is 0.512. The highest BCUT2D eigenvalue weighted by Crippen LogP contribution is 2.29. The average Bonchev–Trinajstić information content (AvgIpc) is 3.18. The minimum absolute atomic E-state index is 0.0478. The third kappa shape index (κ3) is 6.22. The number of amides is 3. The lowest BCUT2D eigenvalue weighted by atomic mass is 10.1. The molecule has 0 spiro atoms. The summed E-state index contributed by atoms with van der Waals surface area (Å²) in [5.41, 5.74) is 3.24. The second-order valence-electron chi connectivity index (χ2n) is 7.08. The Hall–Kier alpha value is -3.60. The van der Waals surface area contributed by atoms with E-state index in [4.69, 9.17) is 14.2 Å². The maximum Gasteiger partial charge on any atom is 0.311 e. The second kappa shape index (κ2) is 10.8. The van der Waals surface area contributed by atoms with E-state index in [-0.39, 0.29) is 13.0 Å². The van der Waals surface area contributed by atoms with Gasteiger partial charge in [0.05, 0.1) is 32.4 Å². The van der Waals surface area contributed by atoms with Crippen LogP contribution < -0.4 is 20.2 Å². The van der Waals surface area contributed by atoms with E-state index in [1.807, 2.05) is 0 Å². The summed E-state index contributed by atoms with van der Waals surface area (Å²) in [6, 6.07) is 11.4. The van der Waals surface area contributed by atoms with Crippen molar-refractivity contribution in [2.24, 2.45) is 5.92 Å². The molecule has 33 heavy (non-hydrogen) atoms. The SMILES string of the molecule is COc1ccc(NC(=O)COC(=O)[C@H]2CC(=O)N(NC(=O)c3ccc(Br)cc3)C2)c(OC)c1. The monoisotopic (exact) mass is 519 g/mol. The number of carbonyl (C=O) groups is 4. The summed E-state index contributed by atoms with van der Waals surface area (Å²) in [4.78, 5) is 49.1. The predicted molar refractivity (Wildman–Crippen MR) is 121 cm³/mol. The molecule has 0 saturated carbocycles. The largest absolute Gasteiger partial charge is 0.497 e. The van der Waals surface area contributed by atoms with Crippen LogP contribution in [0.3, 0.4) is 0 Å². The molecule has 3 amide bonds. The maximum atomic E-state index is 12.4. The first-order valence-electron chi connectivity index (χ1n) is 9.86. The van der Waals surface area contributed by atoms with Gasteiger partial charge in [-0.3, -0.25) is 29.6 Å². The van der Waals surface area contributed by atoms with Gasteiger partial charge in [-0.25, -0.2) is 0 Å². The molecule has 1 atom stereocenters. The molecule has 0 radical (unpaired) electrons. The Morgan fingerprint density at radius 1 is 1.09 bits per heavy atom. The molecular weight excluding hydrogens is 498 g/mol. The maximum absolute atomic E-state index is 12.4. The van der Waals surface area contributed by atoms with Gasteiger partial charge in [0.15, 0.2) is 6.61 Å². The van der Waals surface area contributed by atoms with Crippen molar-refractivity contribution in [1.29, 1.82) is 0 Å². The van der Waals surface area contributed by atoms with E-state index in [1.165, 1.54) is 14.2 Å². The first kappa shape index (κ1) is 24.1. The van der Waals surface area contributed by atoms with Crippen LogP contribution in [0.25, 0.3) is 0 Å². The van der Waals surface area contributed by atoms with Gasteiger partial charge in [-0.05, 0) is 36.4 Å². The molecule has 174 valence electrons. The number of methoxy groups -OCH3 is 2. The molecule has 1 fully saturated rings. The van der Waals surface area contributed by atoms with Gasteiger partial charge in [0.2, 0.25) is 5.91 Å². The van der Waals surface area contributed by atoms with Crippen molar-refractivity contribution in [2.45, 2.75) is 6.42 Å². The molecule has 1 heterocycles. The number of hydrogen-bond acceptors (Lipinski definition) is 7. The highest BCUT2D eigenvalue weighted by Gasteiger charge is 2.36. The number of nitrogens with zero attached hydrogens (tertiary/aromatic N) is 1. The number of hydrazine groups is 1. The van der Waals surface area contributed by atoms with Gasteiger partial charge < -0.3 is 19.5 Å². The summed E-state index contributed by atoms with van der Waals surface area (Å²) in [5.74, 6) is -2.04. The van der Waals surface area contributed by atoms with Crippen LogP contribution in [0.5, 0.6) is 11.5 Å². The van der Waals surface area contributed by atoms with E-state index >= 15 is 0 Å². The Morgan fingerprint density at radius 3 is 2.48 bits per heavy atom. The van der Waals surface area contributed by atoms with Crippen LogP contribution >= 0.6 is 15.9 Å². The lowest BCUT2D eigenvalue weighted by Crippen LogP contribution is -2.43. The number of rotatable bonds is 8. The summed E-state index contributed by atoms with van der Waals surface area (Å²) in [5, 5.41) is 3.67. The van der Waals surface area contributed by atoms with E-state index in [0.717, 1.165) is 9.48 Å². The minimum Gasteiger partial charge on any atom is -0.497 e. The molecule has 11 heteroatoms. The van der Waals surface area contributed by atoms with E-state index in [2.05, 4.69) is 26.7 Å². The topological polar surface area (TPSA) is 123 Å². The van der Waals surface area contributed by atoms with Gasteiger partial charge in [-0.1, -0.05) is 15.9 Å². The van der Waals surface area contributed by atoms with E-state index in [9.17, 15) is 19.2 Å². The normalized spacial score (nSPS) is 15.1. The first-order chi connectivity index (χ1) is 15.8. The molecule has 1 aliphatic heterocycles. The summed E-state index contributed by atoms with van der Waals surface area (Å²) in [7, 11) is 2.95. The Kier molecular flexibility index (Phi) is 7.88. The number of anilines is 1. The molecule has 2 aromatic rings. The molecule has 0 aromatic heterocycles. The number of hydrogen-bond donors (Lipinski definition) is 2. The molecule has 0 aliphatic carbocycles. The van der Waals surface area contributed by atoms with Crippen molar-refractivity contribution >= 4 is 45.3 Å². The average molecular weight is 520 g/mol.